The molecule has 240 valence electrons. The fraction of sp³-hybridized carbons (Fsp3) is 0.0682. The highest BCUT2D eigenvalue weighted by atomic mass is 31.2. The number of hydrogen-bond donors (Lipinski definition) is 2. The zero-order chi connectivity index (χ0) is 33.5. The van der Waals surface area contributed by atoms with Crippen LogP contribution in [0.1, 0.15) is 16.8 Å². The Bertz CT molecular complexity index is 1900. The molecule has 0 saturated heterocycles. The van der Waals surface area contributed by atoms with Crippen LogP contribution in [-0.4, -0.2) is 15.2 Å². The van der Waals surface area contributed by atoms with E-state index in [1.165, 1.54) is 31.8 Å². The Morgan fingerprint density at radius 2 is 0.694 bits per heavy atom. The second-order valence-corrected chi connectivity index (χ2v) is 19.1. The molecule has 5 heteroatoms. The van der Waals surface area contributed by atoms with E-state index < -0.39 is 14.5 Å². The minimum atomic E-state index is -2.33. The summed E-state index contributed by atoms with van der Waals surface area (Å²) in [4.78, 5) is 5.10. The minimum absolute atomic E-state index is 0.0828. The summed E-state index contributed by atoms with van der Waals surface area (Å²) in [6.45, 7) is -0.289. The number of nitrogens with zero attached hydrogens (tertiary/aromatic N) is 1. The molecule has 0 aliphatic heterocycles. The lowest BCUT2D eigenvalue weighted by atomic mass is 10.1. The van der Waals surface area contributed by atoms with Crippen molar-refractivity contribution in [1.29, 1.82) is 0 Å². The molecule has 49 heavy (non-hydrogen) atoms. The van der Waals surface area contributed by atoms with Gasteiger partial charge in [0, 0.05) is 17.3 Å². The number of benzene rings is 6. The third kappa shape index (κ3) is 6.23. The number of rotatable bonds is 11. The van der Waals surface area contributed by atoms with Crippen LogP contribution in [-0.2, 0) is 18.9 Å². The zero-order valence-electron chi connectivity index (χ0n) is 27.3. The summed E-state index contributed by atoms with van der Waals surface area (Å²) >= 11 is 0. The molecule has 0 atom stereocenters. The number of aromatic nitrogens is 1. The van der Waals surface area contributed by atoms with E-state index in [1.54, 1.807) is 0 Å². The number of aromatic hydroxyl groups is 1. The number of aliphatic hydroxyl groups is 1. The summed E-state index contributed by atoms with van der Waals surface area (Å²) in [5, 5.41) is 30.6. The Morgan fingerprint density at radius 1 is 0.408 bits per heavy atom. The van der Waals surface area contributed by atoms with Gasteiger partial charge in [-0.25, -0.2) is 0 Å². The normalized spacial score (nSPS) is 11.7. The third-order valence-corrected chi connectivity index (χ3v) is 18.1. The summed E-state index contributed by atoms with van der Waals surface area (Å²) in [5.41, 5.74) is 2.00. The van der Waals surface area contributed by atoms with E-state index >= 15 is 0 Å². The number of hydrogen-bond acceptors (Lipinski definition) is 3. The molecule has 0 spiro atoms. The van der Waals surface area contributed by atoms with Crippen LogP contribution in [0.5, 0.6) is 5.75 Å². The molecule has 6 aromatic carbocycles. The van der Waals surface area contributed by atoms with Crippen molar-refractivity contribution in [2.75, 3.05) is 0 Å². The molecule has 0 bridgehead atoms. The van der Waals surface area contributed by atoms with Crippen LogP contribution in [0.2, 0.25) is 0 Å². The highest BCUT2D eigenvalue weighted by Gasteiger charge is 2.48. The van der Waals surface area contributed by atoms with Crippen LogP contribution >= 0.6 is 14.5 Å². The average molecular weight is 676 g/mol. The van der Waals surface area contributed by atoms with Gasteiger partial charge in [0.05, 0.1) is 6.61 Å². The predicted octanol–water partition coefficient (Wildman–Crippen LogP) is 7.27. The van der Waals surface area contributed by atoms with Crippen LogP contribution in [0.25, 0.3) is 0 Å². The van der Waals surface area contributed by atoms with Crippen molar-refractivity contribution in [3.63, 3.8) is 0 Å². The maximum atomic E-state index is 12.2. The molecule has 1 heterocycles. The largest absolute Gasteiger partial charge is 0.505 e. The Labute approximate surface area is 290 Å². The summed E-state index contributed by atoms with van der Waals surface area (Å²) in [5.74, 6) is 0.0828. The van der Waals surface area contributed by atoms with E-state index in [0.717, 1.165) is 5.56 Å². The van der Waals surface area contributed by atoms with Crippen molar-refractivity contribution in [3.05, 3.63) is 205 Å². The van der Waals surface area contributed by atoms with Gasteiger partial charge in [-0.1, -0.05) is 109 Å². The molecule has 0 aliphatic carbocycles. The molecular weight excluding hydrogens is 636 g/mol. The van der Waals surface area contributed by atoms with Gasteiger partial charge in [-0.05, 0) is 72.8 Å². The van der Waals surface area contributed by atoms with Crippen molar-refractivity contribution < 1.29 is 10.2 Å². The van der Waals surface area contributed by atoms with Gasteiger partial charge < -0.3 is 10.2 Å². The van der Waals surface area contributed by atoms with Gasteiger partial charge in [0.15, 0.2) is 0 Å². The molecule has 1 aromatic heterocycles. The third-order valence-electron chi connectivity index (χ3n) is 9.46. The quantitative estimate of drug-likeness (QED) is 0.142. The fourth-order valence-electron chi connectivity index (χ4n) is 7.07. The van der Waals surface area contributed by atoms with E-state index in [0.29, 0.717) is 23.6 Å². The summed E-state index contributed by atoms with van der Waals surface area (Å²) in [7, 11) is -4.62. The SMILES string of the molecule is OCc1c(C[P+](c2ccccc2)(c2ccccc2)c2ccccc2)cnc(C[P+](c2ccccc2)(c2ccccc2)c2ccccc2)c1O. The predicted molar refractivity (Wildman–Crippen MR) is 210 cm³/mol. The van der Waals surface area contributed by atoms with Gasteiger partial charge in [0.25, 0.3) is 0 Å². The lowest BCUT2D eigenvalue weighted by molar-refractivity contribution is 0.274. The number of pyridine rings is 1. The Kier molecular flexibility index (Phi) is 9.78. The monoisotopic (exact) mass is 675 g/mol. The molecule has 2 N–H and O–H groups in total. The molecule has 0 radical (unpaired) electrons. The summed E-state index contributed by atoms with van der Waals surface area (Å²) < 4.78 is 0. The average Bonchev–Trinajstić information content (AvgIpc) is 3.19. The molecule has 0 unspecified atom stereocenters. The maximum absolute atomic E-state index is 12.2. The van der Waals surface area contributed by atoms with Gasteiger partial charge >= 0.3 is 0 Å². The van der Waals surface area contributed by atoms with Gasteiger partial charge in [-0.2, -0.15) is 0 Å². The number of aliphatic hydroxyl groups excluding tert-OH is 1. The van der Waals surface area contributed by atoms with Gasteiger partial charge in [0.2, 0.25) is 0 Å². The van der Waals surface area contributed by atoms with Crippen molar-refractivity contribution in [2.24, 2.45) is 0 Å². The van der Waals surface area contributed by atoms with Gasteiger partial charge in [-0.15, -0.1) is 0 Å². The van der Waals surface area contributed by atoms with E-state index in [4.69, 9.17) is 4.98 Å². The van der Waals surface area contributed by atoms with Crippen LogP contribution in [0.4, 0.5) is 0 Å². The van der Waals surface area contributed by atoms with Crippen molar-refractivity contribution >= 4 is 46.4 Å². The van der Waals surface area contributed by atoms with E-state index in [2.05, 4.69) is 164 Å². The zero-order valence-corrected chi connectivity index (χ0v) is 29.0. The second-order valence-electron chi connectivity index (χ2n) is 12.2. The second kappa shape index (κ2) is 14.7. The smallest absolute Gasteiger partial charge is 0.146 e. The highest BCUT2D eigenvalue weighted by molar-refractivity contribution is 7.95. The van der Waals surface area contributed by atoms with E-state index in [9.17, 15) is 10.2 Å². The maximum Gasteiger partial charge on any atom is 0.146 e. The lowest BCUT2D eigenvalue weighted by Crippen LogP contribution is -2.33. The molecule has 0 amide bonds. The van der Waals surface area contributed by atoms with Crippen molar-refractivity contribution in [3.8, 4) is 5.75 Å². The molecule has 3 nitrogen and oxygen atoms in total. The first-order valence-electron chi connectivity index (χ1n) is 16.6. The van der Waals surface area contributed by atoms with Crippen molar-refractivity contribution in [1.82, 2.24) is 4.98 Å². The molecule has 0 saturated carbocycles. The van der Waals surface area contributed by atoms with Crippen LogP contribution in [0.15, 0.2) is 188 Å². The summed E-state index contributed by atoms with van der Waals surface area (Å²) in [6.07, 6.45) is 3.04. The first-order chi connectivity index (χ1) is 24.2. The van der Waals surface area contributed by atoms with Crippen LogP contribution in [0, 0.1) is 0 Å². The Balaban J connectivity index is 1.41. The van der Waals surface area contributed by atoms with Gasteiger partial charge in [-0.3, -0.25) is 4.98 Å². The topological polar surface area (TPSA) is 53.4 Å². The standard InChI is InChI=1S/C44H38NO2P2/c46-32-42-35(33-48(36-19-7-1-8-20-36,37-21-9-2-10-22-37)38-23-11-3-12-24-38)31-45-43(44(42)47)34-49(39-25-13-4-14-26-39,40-27-15-5-16-28-40)41-29-17-6-18-30-41/h1-31,46H,32-34H2/q+1/p+1. The Morgan fingerprint density at radius 3 is 0.980 bits per heavy atom. The molecular formula is C44H39NO2P2+2. The summed E-state index contributed by atoms with van der Waals surface area (Å²) in [6, 6.07) is 63.9. The van der Waals surface area contributed by atoms with E-state index in [-0.39, 0.29) is 12.4 Å². The van der Waals surface area contributed by atoms with Crippen molar-refractivity contribution in [2.45, 2.75) is 18.9 Å². The van der Waals surface area contributed by atoms with Gasteiger partial charge in [0.1, 0.15) is 70.1 Å². The molecule has 0 fully saturated rings. The van der Waals surface area contributed by atoms with E-state index in [1.807, 2.05) is 24.4 Å². The molecule has 0 aliphatic rings. The fourth-order valence-corrected chi connectivity index (χ4v) is 15.5. The first-order valence-corrected chi connectivity index (χ1v) is 20.5. The lowest BCUT2D eigenvalue weighted by Gasteiger charge is -2.29. The Hall–Kier alpha value is -4.91. The first kappa shape index (κ1) is 32.6. The molecule has 7 aromatic rings. The molecule has 7 rings (SSSR count). The highest BCUT2D eigenvalue weighted by Crippen LogP contribution is 2.61. The minimum Gasteiger partial charge on any atom is -0.505 e. The van der Waals surface area contributed by atoms with Crippen LogP contribution in [0.3, 0.4) is 0 Å². The van der Waals surface area contributed by atoms with Crippen LogP contribution < -0.4 is 31.8 Å².